The second-order valence-electron chi connectivity index (χ2n) is 4.59. The van der Waals surface area contributed by atoms with E-state index in [9.17, 15) is 26.7 Å². The van der Waals surface area contributed by atoms with Crippen LogP contribution in [0, 0.1) is 13.8 Å². The van der Waals surface area contributed by atoms with Crippen molar-refractivity contribution in [3.8, 4) is 5.75 Å². The first-order valence-electron chi connectivity index (χ1n) is 5.87. The maximum atomic E-state index is 12.0. The number of aryl methyl sites for hydroxylation is 2. The molecule has 0 bridgehead atoms. The van der Waals surface area contributed by atoms with Crippen LogP contribution in [0.4, 0.5) is 18.9 Å². The van der Waals surface area contributed by atoms with Gasteiger partial charge in [0.05, 0.1) is 11.4 Å². The Hall–Kier alpha value is -1.44. The molecule has 1 rings (SSSR count). The minimum absolute atomic E-state index is 0.0301. The van der Waals surface area contributed by atoms with Gasteiger partial charge in [-0.15, -0.1) is 0 Å². The summed E-state index contributed by atoms with van der Waals surface area (Å²) in [6.45, 7) is 3.18. The van der Waals surface area contributed by atoms with Crippen LogP contribution < -0.4 is 4.72 Å². The monoisotopic (exact) mass is 311 g/mol. The van der Waals surface area contributed by atoms with E-state index >= 15 is 0 Å². The molecule has 0 aliphatic carbocycles. The van der Waals surface area contributed by atoms with Crippen LogP contribution >= 0.6 is 0 Å². The van der Waals surface area contributed by atoms with Crippen molar-refractivity contribution in [2.24, 2.45) is 0 Å². The van der Waals surface area contributed by atoms with Crippen LogP contribution in [0.3, 0.4) is 0 Å². The molecule has 0 aliphatic heterocycles. The van der Waals surface area contributed by atoms with Crippen LogP contribution in [0.5, 0.6) is 5.75 Å². The highest BCUT2D eigenvalue weighted by Gasteiger charge is 2.27. The summed E-state index contributed by atoms with van der Waals surface area (Å²) in [5, 5.41) is 9.45. The summed E-state index contributed by atoms with van der Waals surface area (Å²) in [5.74, 6) is -0.575. The summed E-state index contributed by atoms with van der Waals surface area (Å²) in [6.07, 6.45) is -5.99. The Morgan fingerprint density at radius 3 is 2.35 bits per heavy atom. The zero-order chi connectivity index (χ0) is 15.6. The molecule has 0 saturated heterocycles. The molecule has 2 N–H and O–H groups in total. The van der Waals surface area contributed by atoms with Gasteiger partial charge in [-0.05, 0) is 43.5 Å². The molecule has 20 heavy (non-hydrogen) atoms. The number of nitrogens with one attached hydrogen (secondary N) is 1. The summed E-state index contributed by atoms with van der Waals surface area (Å²) >= 11 is 0. The van der Waals surface area contributed by atoms with Crippen molar-refractivity contribution in [3.63, 3.8) is 0 Å². The van der Waals surface area contributed by atoms with Crippen LogP contribution in [0.25, 0.3) is 0 Å². The highest BCUT2D eigenvalue weighted by atomic mass is 32.2. The Balaban J connectivity index is 2.74. The van der Waals surface area contributed by atoms with Crippen molar-refractivity contribution < 1.29 is 26.7 Å². The molecule has 0 radical (unpaired) electrons. The lowest BCUT2D eigenvalue weighted by molar-refractivity contribution is -0.134. The average Bonchev–Trinajstić information content (AvgIpc) is 2.23. The quantitative estimate of drug-likeness (QED) is 0.821. The first kappa shape index (κ1) is 16.6. The van der Waals surface area contributed by atoms with Crippen molar-refractivity contribution in [2.45, 2.75) is 32.9 Å². The lowest BCUT2D eigenvalue weighted by Gasteiger charge is -2.12. The fraction of sp³-hybridized carbons (Fsp3) is 0.500. The molecule has 114 valence electrons. The summed E-state index contributed by atoms with van der Waals surface area (Å²) in [4.78, 5) is 0. The summed E-state index contributed by atoms with van der Waals surface area (Å²) in [5.41, 5.74) is 1.23. The van der Waals surface area contributed by atoms with Crippen LogP contribution in [-0.4, -0.2) is 25.5 Å². The number of hydrogen-bond acceptors (Lipinski definition) is 3. The number of benzene rings is 1. The third kappa shape index (κ3) is 5.28. The van der Waals surface area contributed by atoms with Gasteiger partial charge >= 0.3 is 6.18 Å². The van der Waals surface area contributed by atoms with E-state index in [4.69, 9.17) is 0 Å². The minimum atomic E-state index is -4.36. The second-order valence-corrected chi connectivity index (χ2v) is 6.44. The Bertz CT molecular complexity index is 582. The second kappa shape index (κ2) is 5.90. The van der Waals surface area contributed by atoms with Crippen molar-refractivity contribution >= 4 is 15.7 Å². The normalized spacial score (nSPS) is 12.4. The highest BCUT2D eigenvalue weighted by Crippen LogP contribution is 2.26. The smallest absolute Gasteiger partial charge is 0.389 e. The van der Waals surface area contributed by atoms with Gasteiger partial charge in [-0.2, -0.15) is 13.2 Å². The van der Waals surface area contributed by atoms with E-state index in [1.165, 1.54) is 12.1 Å². The van der Waals surface area contributed by atoms with E-state index < -0.39 is 34.8 Å². The molecular weight excluding hydrogens is 295 g/mol. The molecule has 0 spiro atoms. The predicted octanol–water partition coefficient (Wildman–Crippen LogP) is 3.09. The number of halogens is 3. The first-order chi connectivity index (χ1) is 9.00. The number of sulfonamides is 1. The molecule has 0 aliphatic rings. The number of aromatic hydroxyl groups is 1. The number of anilines is 1. The highest BCUT2D eigenvalue weighted by molar-refractivity contribution is 7.92. The topological polar surface area (TPSA) is 66.4 Å². The van der Waals surface area contributed by atoms with Crippen LogP contribution in [-0.2, 0) is 10.0 Å². The van der Waals surface area contributed by atoms with Crippen LogP contribution in [0.2, 0.25) is 0 Å². The molecule has 1 aromatic rings. The van der Waals surface area contributed by atoms with E-state index in [2.05, 4.69) is 4.72 Å². The number of phenolic OH excluding ortho intramolecular Hbond substituents is 1. The summed E-state index contributed by atoms with van der Waals surface area (Å²) in [6, 6.07) is 2.83. The van der Waals surface area contributed by atoms with Gasteiger partial charge in [0.25, 0.3) is 0 Å². The van der Waals surface area contributed by atoms with Crippen molar-refractivity contribution in [1.82, 2.24) is 0 Å². The Kier molecular flexibility index (Phi) is 4.90. The summed E-state index contributed by atoms with van der Waals surface area (Å²) in [7, 11) is -3.84. The van der Waals surface area contributed by atoms with Gasteiger partial charge in [-0.25, -0.2) is 8.42 Å². The number of alkyl halides is 3. The maximum Gasteiger partial charge on any atom is 0.389 e. The molecular formula is C12H16F3NO3S. The SMILES string of the molecule is Cc1cc(NS(=O)(=O)CCCC(F)(F)F)c(C)cc1O. The lowest BCUT2D eigenvalue weighted by atomic mass is 10.1. The molecule has 1 aromatic carbocycles. The first-order valence-corrected chi connectivity index (χ1v) is 7.53. The molecule has 0 atom stereocenters. The Labute approximate surface area is 115 Å². The molecule has 0 saturated carbocycles. The zero-order valence-electron chi connectivity index (χ0n) is 11.1. The molecule has 0 unspecified atom stereocenters. The van der Waals surface area contributed by atoms with Crippen molar-refractivity contribution in [3.05, 3.63) is 23.3 Å². The number of hydrogen-bond donors (Lipinski definition) is 2. The van der Waals surface area contributed by atoms with E-state index in [-0.39, 0.29) is 11.4 Å². The number of phenols is 1. The fourth-order valence-corrected chi connectivity index (χ4v) is 2.77. The Morgan fingerprint density at radius 1 is 1.20 bits per heavy atom. The van der Waals surface area contributed by atoms with Gasteiger partial charge in [0.2, 0.25) is 10.0 Å². The van der Waals surface area contributed by atoms with E-state index in [1.807, 2.05) is 0 Å². The molecule has 8 heteroatoms. The standard InChI is InChI=1S/C12H16F3NO3S/c1-8-7-11(17)9(2)6-10(8)16-20(18,19)5-3-4-12(13,14)15/h6-7,16-17H,3-5H2,1-2H3. The van der Waals surface area contributed by atoms with E-state index in [1.54, 1.807) is 13.8 Å². The summed E-state index contributed by atoms with van der Waals surface area (Å²) < 4.78 is 61.5. The molecule has 0 aromatic heterocycles. The van der Waals surface area contributed by atoms with E-state index in [0.29, 0.717) is 11.1 Å². The largest absolute Gasteiger partial charge is 0.508 e. The fourth-order valence-electron chi connectivity index (χ4n) is 1.59. The third-order valence-corrected chi connectivity index (χ3v) is 4.04. The van der Waals surface area contributed by atoms with Gasteiger partial charge in [-0.3, -0.25) is 4.72 Å². The van der Waals surface area contributed by atoms with Crippen molar-refractivity contribution in [1.29, 1.82) is 0 Å². The number of rotatable bonds is 5. The van der Waals surface area contributed by atoms with Gasteiger partial charge < -0.3 is 5.11 Å². The van der Waals surface area contributed by atoms with Crippen molar-refractivity contribution in [2.75, 3.05) is 10.5 Å². The molecule has 0 fully saturated rings. The molecule has 0 amide bonds. The van der Waals surface area contributed by atoms with Crippen LogP contribution in [0.15, 0.2) is 12.1 Å². The molecule has 0 heterocycles. The zero-order valence-corrected chi connectivity index (χ0v) is 11.9. The lowest BCUT2D eigenvalue weighted by Crippen LogP contribution is -2.19. The average molecular weight is 311 g/mol. The van der Waals surface area contributed by atoms with E-state index in [0.717, 1.165) is 0 Å². The molecule has 4 nitrogen and oxygen atoms in total. The Morgan fingerprint density at radius 2 is 1.80 bits per heavy atom. The van der Waals surface area contributed by atoms with Crippen LogP contribution in [0.1, 0.15) is 24.0 Å². The van der Waals surface area contributed by atoms with Gasteiger partial charge in [-0.1, -0.05) is 0 Å². The maximum absolute atomic E-state index is 12.0. The third-order valence-electron chi connectivity index (χ3n) is 2.68. The minimum Gasteiger partial charge on any atom is -0.508 e. The van der Waals surface area contributed by atoms with Gasteiger partial charge in [0.1, 0.15) is 5.75 Å². The van der Waals surface area contributed by atoms with Gasteiger partial charge in [0, 0.05) is 6.42 Å². The predicted molar refractivity (Wildman–Crippen MR) is 70.3 cm³/mol. The van der Waals surface area contributed by atoms with Gasteiger partial charge in [0.15, 0.2) is 0 Å².